The highest BCUT2D eigenvalue weighted by molar-refractivity contribution is 5.91. The minimum Gasteiger partial charge on any atom is -0.493 e. The Kier molecular flexibility index (Phi) is 5.96. The molecule has 2 aromatic carbocycles. The van der Waals surface area contributed by atoms with Crippen LogP contribution in [0.5, 0.6) is 11.5 Å². The van der Waals surface area contributed by atoms with Gasteiger partial charge in [-0.15, -0.1) is 0 Å². The lowest BCUT2D eigenvalue weighted by molar-refractivity contribution is -0.131. The van der Waals surface area contributed by atoms with Crippen molar-refractivity contribution in [3.8, 4) is 11.5 Å². The molecule has 0 heterocycles. The highest BCUT2D eigenvalue weighted by Crippen LogP contribution is 2.28. The number of rotatable bonds is 7. The molecule has 1 amide bonds. The fraction of sp³-hybridized carbons (Fsp3) is 0.111. The lowest BCUT2D eigenvalue weighted by Gasteiger charge is -2.11. The lowest BCUT2D eigenvalue weighted by atomic mass is 10.2. The molecule has 0 fully saturated rings. The number of carbonyl (C=O) groups is 2. The Labute approximate surface area is 139 Å². The fourth-order valence-corrected chi connectivity index (χ4v) is 1.94. The Morgan fingerprint density at radius 2 is 1.88 bits per heavy atom. The molecule has 0 unspecified atom stereocenters. The largest absolute Gasteiger partial charge is 0.493 e. The number of benzene rings is 2. The maximum Gasteiger partial charge on any atom is 0.328 e. The quantitative estimate of drug-likeness (QED) is 0.764. The standard InChI is InChI=1S/C18H17NO5/c1-23-16-11-13(8-10-18(21)22)7-9-15(16)24-12-17(20)19-14-5-3-2-4-6-14/h2-11H,12H2,1H3,(H,19,20)(H,21,22)/b10-8+. The average molecular weight is 327 g/mol. The van der Waals surface area contributed by atoms with Gasteiger partial charge in [0.2, 0.25) is 0 Å². The number of amides is 1. The van der Waals surface area contributed by atoms with E-state index in [0.29, 0.717) is 22.7 Å². The summed E-state index contributed by atoms with van der Waals surface area (Å²) in [4.78, 5) is 22.4. The third-order valence-corrected chi connectivity index (χ3v) is 3.02. The first-order valence-electron chi connectivity index (χ1n) is 7.15. The molecule has 0 aliphatic heterocycles. The number of carbonyl (C=O) groups excluding carboxylic acids is 1. The van der Waals surface area contributed by atoms with E-state index in [2.05, 4.69) is 5.32 Å². The first-order valence-corrected chi connectivity index (χ1v) is 7.15. The first kappa shape index (κ1) is 17.1. The second-order valence-corrected chi connectivity index (χ2v) is 4.78. The van der Waals surface area contributed by atoms with Crippen molar-refractivity contribution in [1.29, 1.82) is 0 Å². The maximum absolute atomic E-state index is 11.9. The van der Waals surface area contributed by atoms with Crippen LogP contribution in [-0.2, 0) is 9.59 Å². The Morgan fingerprint density at radius 1 is 1.12 bits per heavy atom. The van der Waals surface area contributed by atoms with Crippen molar-refractivity contribution in [2.75, 3.05) is 19.0 Å². The summed E-state index contributed by atoms with van der Waals surface area (Å²) in [5, 5.41) is 11.3. The molecule has 124 valence electrons. The molecular formula is C18H17NO5. The van der Waals surface area contributed by atoms with Crippen LogP contribution in [-0.4, -0.2) is 30.7 Å². The van der Waals surface area contributed by atoms with Crippen LogP contribution in [0.25, 0.3) is 6.08 Å². The van der Waals surface area contributed by atoms with Gasteiger partial charge in [0.1, 0.15) is 0 Å². The smallest absolute Gasteiger partial charge is 0.328 e. The van der Waals surface area contributed by atoms with E-state index in [-0.39, 0.29) is 12.5 Å². The normalized spacial score (nSPS) is 10.4. The minimum atomic E-state index is -1.04. The molecule has 6 heteroatoms. The molecule has 0 spiro atoms. The molecule has 0 bridgehead atoms. The highest BCUT2D eigenvalue weighted by Gasteiger charge is 2.08. The molecular weight excluding hydrogens is 310 g/mol. The molecule has 0 atom stereocenters. The van der Waals surface area contributed by atoms with Gasteiger partial charge in [0.15, 0.2) is 18.1 Å². The molecule has 0 radical (unpaired) electrons. The number of carboxylic acid groups (broad SMARTS) is 1. The number of methoxy groups -OCH3 is 1. The number of hydrogen-bond donors (Lipinski definition) is 2. The number of hydrogen-bond acceptors (Lipinski definition) is 4. The zero-order valence-electron chi connectivity index (χ0n) is 13.1. The third kappa shape index (κ3) is 5.17. The number of para-hydroxylation sites is 1. The van der Waals surface area contributed by atoms with Crippen molar-refractivity contribution >= 4 is 23.6 Å². The van der Waals surface area contributed by atoms with E-state index in [1.807, 2.05) is 18.2 Å². The fourth-order valence-electron chi connectivity index (χ4n) is 1.94. The minimum absolute atomic E-state index is 0.171. The van der Waals surface area contributed by atoms with Gasteiger partial charge in [-0.05, 0) is 35.9 Å². The Hall–Kier alpha value is -3.28. The summed E-state index contributed by atoms with van der Waals surface area (Å²) in [6.07, 6.45) is 2.47. The monoisotopic (exact) mass is 327 g/mol. The van der Waals surface area contributed by atoms with Gasteiger partial charge < -0.3 is 19.9 Å². The first-order chi connectivity index (χ1) is 11.6. The zero-order valence-corrected chi connectivity index (χ0v) is 13.1. The van der Waals surface area contributed by atoms with Crippen LogP contribution in [0, 0.1) is 0 Å². The number of anilines is 1. The average Bonchev–Trinajstić information content (AvgIpc) is 2.59. The van der Waals surface area contributed by atoms with Gasteiger partial charge in [0, 0.05) is 11.8 Å². The van der Waals surface area contributed by atoms with Crippen LogP contribution >= 0.6 is 0 Å². The van der Waals surface area contributed by atoms with Crippen molar-refractivity contribution < 1.29 is 24.2 Å². The molecule has 0 saturated heterocycles. The Bertz CT molecular complexity index is 740. The molecule has 2 rings (SSSR count). The summed E-state index contributed by atoms with van der Waals surface area (Å²) >= 11 is 0. The van der Waals surface area contributed by atoms with Crippen LogP contribution in [0.4, 0.5) is 5.69 Å². The van der Waals surface area contributed by atoms with Crippen molar-refractivity contribution in [2.24, 2.45) is 0 Å². The molecule has 2 N–H and O–H groups in total. The second kappa shape index (κ2) is 8.38. The molecule has 2 aromatic rings. The number of nitrogens with one attached hydrogen (secondary N) is 1. The van der Waals surface area contributed by atoms with E-state index in [0.717, 1.165) is 6.08 Å². The molecule has 6 nitrogen and oxygen atoms in total. The van der Waals surface area contributed by atoms with E-state index in [9.17, 15) is 9.59 Å². The van der Waals surface area contributed by atoms with E-state index in [1.54, 1.807) is 30.3 Å². The molecule has 0 aliphatic carbocycles. The lowest BCUT2D eigenvalue weighted by Crippen LogP contribution is -2.20. The van der Waals surface area contributed by atoms with Crippen molar-refractivity contribution in [2.45, 2.75) is 0 Å². The van der Waals surface area contributed by atoms with Crippen LogP contribution in [0.15, 0.2) is 54.6 Å². The summed E-state index contributed by atoms with van der Waals surface area (Å²) in [6, 6.07) is 14.0. The van der Waals surface area contributed by atoms with E-state index >= 15 is 0 Å². The topological polar surface area (TPSA) is 84.9 Å². The number of ether oxygens (including phenoxy) is 2. The predicted molar refractivity (Wildman–Crippen MR) is 90.2 cm³/mol. The van der Waals surface area contributed by atoms with E-state index in [4.69, 9.17) is 14.6 Å². The van der Waals surface area contributed by atoms with E-state index < -0.39 is 5.97 Å². The van der Waals surface area contributed by atoms with Crippen LogP contribution in [0.1, 0.15) is 5.56 Å². The van der Waals surface area contributed by atoms with Gasteiger partial charge in [-0.1, -0.05) is 24.3 Å². The van der Waals surface area contributed by atoms with Crippen molar-refractivity contribution in [3.05, 3.63) is 60.2 Å². The summed E-state index contributed by atoms with van der Waals surface area (Å²) in [5.74, 6) is -0.520. The summed E-state index contributed by atoms with van der Waals surface area (Å²) in [5.41, 5.74) is 1.34. The summed E-state index contributed by atoms with van der Waals surface area (Å²) < 4.78 is 10.7. The zero-order chi connectivity index (χ0) is 17.4. The predicted octanol–water partition coefficient (Wildman–Crippen LogP) is 2.81. The van der Waals surface area contributed by atoms with Gasteiger partial charge in [0.25, 0.3) is 5.91 Å². The molecule has 24 heavy (non-hydrogen) atoms. The SMILES string of the molecule is COc1cc(/C=C/C(=O)O)ccc1OCC(=O)Nc1ccccc1. The summed E-state index contributed by atoms with van der Waals surface area (Å²) in [6.45, 7) is -0.171. The molecule has 0 aromatic heterocycles. The van der Waals surface area contributed by atoms with Gasteiger partial charge in [-0.3, -0.25) is 4.79 Å². The van der Waals surface area contributed by atoms with Crippen LogP contribution in [0.2, 0.25) is 0 Å². The van der Waals surface area contributed by atoms with Gasteiger partial charge in [0.05, 0.1) is 7.11 Å². The Morgan fingerprint density at radius 3 is 2.54 bits per heavy atom. The third-order valence-electron chi connectivity index (χ3n) is 3.02. The van der Waals surface area contributed by atoms with Gasteiger partial charge >= 0.3 is 5.97 Å². The van der Waals surface area contributed by atoms with Gasteiger partial charge in [-0.25, -0.2) is 4.79 Å². The number of carboxylic acids is 1. The van der Waals surface area contributed by atoms with Gasteiger partial charge in [-0.2, -0.15) is 0 Å². The highest BCUT2D eigenvalue weighted by atomic mass is 16.5. The Balaban J connectivity index is 1.99. The second-order valence-electron chi connectivity index (χ2n) is 4.78. The van der Waals surface area contributed by atoms with Crippen molar-refractivity contribution in [3.63, 3.8) is 0 Å². The van der Waals surface area contributed by atoms with Crippen LogP contribution < -0.4 is 14.8 Å². The summed E-state index contributed by atoms with van der Waals surface area (Å²) in [7, 11) is 1.47. The van der Waals surface area contributed by atoms with Crippen molar-refractivity contribution in [1.82, 2.24) is 0 Å². The maximum atomic E-state index is 11.9. The van der Waals surface area contributed by atoms with E-state index in [1.165, 1.54) is 13.2 Å². The number of aliphatic carboxylic acids is 1. The van der Waals surface area contributed by atoms with Crippen LogP contribution in [0.3, 0.4) is 0 Å². The molecule has 0 saturated carbocycles. The molecule has 0 aliphatic rings.